The highest BCUT2D eigenvalue weighted by Gasteiger charge is 2.23. The van der Waals surface area contributed by atoms with Gasteiger partial charge in [-0.25, -0.2) is 9.98 Å². The van der Waals surface area contributed by atoms with Gasteiger partial charge in [0.15, 0.2) is 5.96 Å². The van der Waals surface area contributed by atoms with Crippen molar-refractivity contribution >= 4 is 17.4 Å². The number of primary amides is 1. The maximum absolute atomic E-state index is 12.4. The van der Waals surface area contributed by atoms with E-state index in [9.17, 15) is 13.6 Å². The maximum Gasteiger partial charge on any atom is 0.388 e. The largest absolute Gasteiger partial charge is 0.417 e. The molecule has 0 bridgehead atoms. The molecular weight excluding hydrogens is 392 g/mol. The third-order valence-electron chi connectivity index (χ3n) is 4.06. The smallest absolute Gasteiger partial charge is 0.388 e. The van der Waals surface area contributed by atoms with Gasteiger partial charge in [0.05, 0.1) is 11.2 Å². The SMILES string of the molecule is C=C/C(=C\N=C(/N)NC(C)(C)c1cccc(OC(F)F)n1)c1cccc(C(N)=O)c1. The number of alkyl halides is 2. The van der Waals surface area contributed by atoms with Crippen LogP contribution in [0.1, 0.15) is 35.5 Å². The summed E-state index contributed by atoms with van der Waals surface area (Å²) in [4.78, 5) is 19.6. The maximum atomic E-state index is 12.4. The van der Waals surface area contributed by atoms with Crippen LogP contribution in [0.15, 0.2) is 66.3 Å². The molecule has 0 radical (unpaired) electrons. The fourth-order valence-corrected chi connectivity index (χ4v) is 2.57. The monoisotopic (exact) mass is 415 g/mol. The van der Waals surface area contributed by atoms with Gasteiger partial charge in [-0.3, -0.25) is 4.79 Å². The summed E-state index contributed by atoms with van der Waals surface area (Å²) < 4.78 is 29.2. The van der Waals surface area contributed by atoms with Crippen molar-refractivity contribution in [3.05, 3.63) is 78.1 Å². The number of nitrogens with two attached hydrogens (primary N) is 2. The molecule has 1 aromatic heterocycles. The number of hydrogen-bond donors (Lipinski definition) is 3. The predicted octanol–water partition coefficient (Wildman–Crippen LogP) is 3.15. The first kappa shape index (κ1) is 22.5. The standard InChI is InChI=1S/C21H23F2N5O2/c1-4-13(14-7-5-8-15(11-14)18(24)29)12-26-20(25)28-21(2,3)16-9-6-10-17(27-16)30-19(22)23/h4-12,19H,1H2,2-3H3,(H2,24,29)(H3,25,26,28)/b13-12+. The highest BCUT2D eigenvalue weighted by molar-refractivity contribution is 5.94. The van der Waals surface area contributed by atoms with E-state index < -0.39 is 18.1 Å². The molecule has 5 N–H and O–H groups in total. The quantitative estimate of drug-likeness (QED) is 0.348. The number of amides is 1. The van der Waals surface area contributed by atoms with E-state index in [0.717, 1.165) is 0 Å². The highest BCUT2D eigenvalue weighted by atomic mass is 19.3. The number of nitrogens with one attached hydrogen (secondary N) is 1. The number of hydrogen-bond acceptors (Lipinski definition) is 4. The first-order valence-electron chi connectivity index (χ1n) is 8.89. The number of allylic oxidation sites excluding steroid dienone is 2. The van der Waals surface area contributed by atoms with E-state index in [2.05, 4.69) is 26.6 Å². The van der Waals surface area contributed by atoms with Gasteiger partial charge in [-0.2, -0.15) is 8.78 Å². The van der Waals surface area contributed by atoms with E-state index in [1.165, 1.54) is 12.3 Å². The van der Waals surface area contributed by atoms with Crippen LogP contribution in [0.3, 0.4) is 0 Å². The topological polar surface area (TPSA) is 116 Å². The minimum Gasteiger partial charge on any atom is -0.417 e. The van der Waals surface area contributed by atoms with E-state index in [1.807, 2.05) is 0 Å². The summed E-state index contributed by atoms with van der Waals surface area (Å²) in [5.74, 6) is -0.680. The second-order valence-electron chi connectivity index (χ2n) is 6.74. The molecule has 1 heterocycles. The number of aromatic nitrogens is 1. The minimum atomic E-state index is -2.97. The molecule has 7 nitrogen and oxygen atoms in total. The number of carbonyl (C=O) groups is 1. The predicted molar refractivity (Wildman–Crippen MR) is 112 cm³/mol. The summed E-state index contributed by atoms with van der Waals surface area (Å²) in [6, 6.07) is 11.2. The Bertz CT molecular complexity index is 987. The van der Waals surface area contributed by atoms with Crippen molar-refractivity contribution in [2.24, 2.45) is 16.5 Å². The molecular formula is C21H23F2N5O2. The van der Waals surface area contributed by atoms with Gasteiger partial charge in [0.25, 0.3) is 0 Å². The number of nitrogens with zero attached hydrogens (tertiary/aromatic N) is 2. The molecule has 0 aliphatic heterocycles. The van der Waals surface area contributed by atoms with Crippen LogP contribution in [0.4, 0.5) is 8.78 Å². The zero-order valence-corrected chi connectivity index (χ0v) is 16.6. The summed E-state index contributed by atoms with van der Waals surface area (Å²) in [5.41, 5.74) is 12.6. The molecule has 2 aromatic rings. The van der Waals surface area contributed by atoms with Crippen LogP contribution >= 0.6 is 0 Å². The fraction of sp³-hybridized carbons (Fsp3) is 0.190. The number of ether oxygens (including phenoxy) is 1. The van der Waals surface area contributed by atoms with Crippen molar-refractivity contribution in [2.45, 2.75) is 26.0 Å². The molecule has 9 heteroatoms. The van der Waals surface area contributed by atoms with E-state index in [-0.39, 0.29) is 11.8 Å². The van der Waals surface area contributed by atoms with Gasteiger partial charge < -0.3 is 21.5 Å². The van der Waals surface area contributed by atoms with Crippen LogP contribution in [0, 0.1) is 0 Å². The lowest BCUT2D eigenvalue weighted by molar-refractivity contribution is -0.0530. The summed E-state index contributed by atoms with van der Waals surface area (Å²) >= 11 is 0. The normalized spacial score (nSPS) is 12.6. The number of halogens is 2. The van der Waals surface area contributed by atoms with E-state index in [1.54, 1.807) is 56.3 Å². The lowest BCUT2D eigenvalue weighted by Crippen LogP contribution is -2.45. The van der Waals surface area contributed by atoms with Crippen molar-refractivity contribution < 1.29 is 18.3 Å². The van der Waals surface area contributed by atoms with Gasteiger partial charge in [0, 0.05) is 17.8 Å². The Kier molecular flexibility index (Phi) is 7.24. The number of pyridine rings is 1. The Morgan fingerprint density at radius 2 is 1.90 bits per heavy atom. The molecule has 30 heavy (non-hydrogen) atoms. The molecule has 1 aromatic carbocycles. The molecule has 0 aliphatic rings. The van der Waals surface area contributed by atoms with Crippen molar-refractivity contribution in [2.75, 3.05) is 0 Å². The average Bonchev–Trinajstić information content (AvgIpc) is 2.68. The molecule has 0 fully saturated rings. The molecule has 2 rings (SSSR count). The van der Waals surface area contributed by atoms with E-state index in [0.29, 0.717) is 22.4 Å². The first-order valence-corrected chi connectivity index (χ1v) is 8.89. The lowest BCUT2D eigenvalue weighted by atomic mass is 10.0. The minimum absolute atomic E-state index is 0.0624. The van der Waals surface area contributed by atoms with Crippen LogP contribution in [0.5, 0.6) is 5.88 Å². The Balaban J connectivity index is 2.22. The Morgan fingerprint density at radius 3 is 2.53 bits per heavy atom. The number of rotatable bonds is 8. The average molecular weight is 415 g/mol. The Labute approximate surface area is 173 Å². The molecule has 0 unspecified atom stereocenters. The Hall–Kier alpha value is -3.75. The fourth-order valence-electron chi connectivity index (χ4n) is 2.57. The van der Waals surface area contributed by atoms with E-state index >= 15 is 0 Å². The Morgan fingerprint density at radius 1 is 1.23 bits per heavy atom. The number of guanidine groups is 1. The van der Waals surface area contributed by atoms with Crippen LogP contribution in [-0.2, 0) is 5.54 Å². The molecule has 0 atom stereocenters. The first-order chi connectivity index (χ1) is 14.1. The third-order valence-corrected chi connectivity index (χ3v) is 4.06. The highest BCUT2D eigenvalue weighted by Crippen LogP contribution is 2.21. The molecule has 0 saturated carbocycles. The third kappa shape index (κ3) is 6.13. The van der Waals surface area contributed by atoms with Gasteiger partial charge in [0.1, 0.15) is 0 Å². The van der Waals surface area contributed by atoms with Crippen LogP contribution in [0.2, 0.25) is 0 Å². The number of carbonyl (C=O) groups excluding carboxylic acids is 1. The van der Waals surface area contributed by atoms with Crippen molar-refractivity contribution in [1.29, 1.82) is 0 Å². The van der Waals surface area contributed by atoms with Gasteiger partial charge in [-0.15, -0.1) is 0 Å². The van der Waals surface area contributed by atoms with Crippen LogP contribution < -0.4 is 21.5 Å². The summed E-state index contributed by atoms with van der Waals surface area (Å²) in [6.45, 7) is 4.30. The zero-order chi connectivity index (χ0) is 22.3. The summed E-state index contributed by atoms with van der Waals surface area (Å²) in [5, 5.41) is 2.98. The zero-order valence-electron chi connectivity index (χ0n) is 16.6. The molecule has 0 spiro atoms. The van der Waals surface area contributed by atoms with Crippen LogP contribution in [-0.4, -0.2) is 23.5 Å². The molecule has 0 aliphatic carbocycles. The molecule has 1 amide bonds. The second kappa shape index (κ2) is 9.64. The number of benzene rings is 1. The molecule has 0 saturated heterocycles. The lowest BCUT2D eigenvalue weighted by Gasteiger charge is -2.26. The van der Waals surface area contributed by atoms with Gasteiger partial charge in [-0.05, 0) is 43.2 Å². The van der Waals surface area contributed by atoms with Crippen LogP contribution in [0.25, 0.3) is 5.57 Å². The van der Waals surface area contributed by atoms with Crippen molar-refractivity contribution in [3.63, 3.8) is 0 Å². The van der Waals surface area contributed by atoms with Crippen molar-refractivity contribution in [3.8, 4) is 5.88 Å². The second-order valence-corrected chi connectivity index (χ2v) is 6.74. The van der Waals surface area contributed by atoms with Crippen molar-refractivity contribution in [1.82, 2.24) is 10.3 Å². The summed E-state index contributed by atoms with van der Waals surface area (Å²) in [7, 11) is 0. The summed E-state index contributed by atoms with van der Waals surface area (Å²) in [6.07, 6.45) is 3.05. The van der Waals surface area contributed by atoms with Gasteiger partial charge in [0.2, 0.25) is 11.8 Å². The number of aliphatic imine (C=N–C) groups is 1. The van der Waals surface area contributed by atoms with Gasteiger partial charge in [-0.1, -0.05) is 30.9 Å². The van der Waals surface area contributed by atoms with E-state index in [4.69, 9.17) is 11.5 Å². The molecule has 158 valence electrons. The van der Waals surface area contributed by atoms with Gasteiger partial charge >= 0.3 is 6.61 Å².